The molecule has 2 unspecified atom stereocenters. The van der Waals surface area contributed by atoms with Gasteiger partial charge >= 0.3 is 0 Å². The first kappa shape index (κ1) is 32.5. The number of anilines is 1. The molecule has 11 heteroatoms. The first-order valence-corrected chi connectivity index (χ1v) is 16.5. The second-order valence-electron chi connectivity index (χ2n) is 12.2. The summed E-state index contributed by atoms with van der Waals surface area (Å²) in [6.45, 7) is 16.9. The third-order valence-corrected chi connectivity index (χ3v) is 11.6. The second kappa shape index (κ2) is 13.6. The molecule has 240 valence electrons. The second-order valence-corrected chi connectivity index (χ2v) is 14.1. The van der Waals surface area contributed by atoms with Crippen molar-refractivity contribution in [1.29, 1.82) is 0 Å². The summed E-state index contributed by atoms with van der Waals surface area (Å²) in [4.78, 5) is 50.7. The van der Waals surface area contributed by atoms with E-state index in [0.29, 0.717) is 57.3 Å². The highest BCUT2D eigenvalue weighted by Gasteiger charge is 2.77. The van der Waals surface area contributed by atoms with Gasteiger partial charge in [-0.25, -0.2) is 0 Å². The van der Waals surface area contributed by atoms with Gasteiger partial charge in [-0.15, -0.1) is 24.9 Å². The highest BCUT2D eigenvalue weighted by atomic mass is 32.2. The number of likely N-dealkylation sites (tertiary alicyclic amines) is 1. The Hall–Kier alpha value is -2.86. The molecule has 1 aromatic carbocycles. The van der Waals surface area contributed by atoms with E-state index in [0.717, 1.165) is 19.5 Å². The maximum atomic E-state index is 14.6. The minimum atomic E-state index is -0.764. The van der Waals surface area contributed by atoms with Gasteiger partial charge in [0.2, 0.25) is 17.7 Å². The molecule has 4 aliphatic rings. The number of ether oxygens (including phenoxy) is 2. The Balaban J connectivity index is 1.46. The number of aliphatic hydroxyl groups is 1. The van der Waals surface area contributed by atoms with Gasteiger partial charge < -0.3 is 29.3 Å². The lowest BCUT2D eigenvalue weighted by Gasteiger charge is -2.38. The molecule has 0 saturated carbocycles. The molecule has 4 heterocycles. The number of hydrogen-bond acceptors (Lipinski definition) is 8. The number of fused-ring (bicyclic) bond motifs is 1. The van der Waals surface area contributed by atoms with E-state index in [1.165, 1.54) is 0 Å². The molecule has 4 fully saturated rings. The van der Waals surface area contributed by atoms with Gasteiger partial charge in [-0.2, -0.15) is 0 Å². The number of hydrogen-bond donors (Lipinski definition) is 1. The fourth-order valence-corrected chi connectivity index (χ4v) is 9.99. The predicted octanol–water partition coefficient (Wildman–Crippen LogP) is 2.42. The molecule has 5 rings (SSSR count). The van der Waals surface area contributed by atoms with E-state index in [1.54, 1.807) is 38.6 Å². The number of β-amino-alcohol motifs (C(OH)–C–C–N with tert-alkyl or cyclic N) is 1. The van der Waals surface area contributed by atoms with Crippen LogP contribution in [0.1, 0.15) is 26.7 Å². The summed E-state index contributed by atoms with van der Waals surface area (Å²) < 4.78 is 9.81. The number of carbonyl (C=O) groups excluding carboxylic acids is 3. The summed E-state index contributed by atoms with van der Waals surface area (Å²) in [5.41, 5.74) is 0.703. The average Bonchev–Trinajstić information content (AvgIpc) is 3.59. The van der Waals surface area contributed by atoms with E-state index in [1.807, 2.05) is 31.2 Å². The van der Waals surface area contributed by atoms with Crippen molar-refractivity contribution >= 4 is 35.2 Å². The number of carbonyl (C=O) groups is 3. The molecule has 1 N–H and O–H groups in total. The predicted molar refractivity (Wildman–Crippen MR) is 172 cm³/mol. The van der Waals surface area contributed by atoms with Crippen molar-refractivity contribution in [3.05, 3.63) is 49.6 Å². The number of aliphatic hydroxyl groups excluding tert-OH is 1. The van der Waals surface area contributed by atoms with Gasteiger partial charge in [-0.1, -0.05) is 12.2 Å². The van der Waals surface area contributed by atoms with Gasteiger partial charge in [-0.05, 0) is 51.0 Å². The molecule has 3 amide bonds. The van der Waals surface area contributed by atoms with Crippen molar-refractivity contribution in [3.63, 3.8) is 0 Å². The Kier molecular flexibility index (Phi) is 10.1. The molecule has 4 aliphatic heterocycles. The summed E-state index contributed by atoms with van der Waals surface area (Å²) in [6, 6.07) is 6.62. The zero-order chi connectivity index (χ0) is 31.5. The zero-order valence-electron chi connectivity index (χ0n) is 26.0. The van der Waals surface area contributed by atoms with Crippen molar-refractivity contribution in [3.8, 4) is 5.75 Å². The molecule has 10 nitrogen and oxygen atoms in total. The van der Waals surface area contributed by atoms with Crippen molar-refractivity contribution in [2.24, 2.45) is 11.8 Å². The van der Waals surface area contributed by atoms with Gasteiger partial charge in [0.25, 0.3) is 0 Å². The van der Waals surface area contributed by atoms with E-state index in [-0.39, 0.29) is 37.4 Å². The monoisotopic (exact) mass is 626 g/mol. The van der Waals surface area contributed by atoms with E-state index >= 15 is 0 Å². The van der Waals surface area contributed by atoms with E-state index in [4.69, 9.17) is 9.47 Å². The molecule has 4 saturated heterocycles. The summed E-state index contributed by atoms with van der Waals surface area (Å²) in [7, 11) is 0. The summed E-state index contributed by atoms with van der Waals surface area (Å²) >= 11 is 1.64. The van der Waals surface area contributed by atoms with Crippen molar-refractivity contribution in [1.82, 2.24) is 14.7 Å². The molecule has 1 aromatic rings. The SMILES string of the molecule is C=CCN(CCN1CCOCC1)C(=O)C1N(CCO)C(=O)[C@@H]2[C@@H](C(=O)N(CC=C)c3ccc(OCC)cc3)[C@@]3(C)CCC12S3. The Morgan fingerprint density at radius 1 is 1.11 bits per heavy atom. The number of rotatable bonds is 14. The van der Waals surface area contributed by atoms with Crippen LogP contribution in [0.3, 0.4) is 0 Å². The molecular weight excluding hydrogens is 580 g/mol. The summed E-state index contributed by atoms with van der Waals surface area (Å²) in [5, 5.41) is 10.0. The fourth-order valence-electron chi connectivity index (χ4n) is 7.65. The lowest BCUT2D eigenvalue weighted by molar-refractivity contribution is -0.143. The fraction of sp³-hybridized carbons (Fsp3) is 0.606. The molecule has 0 aromatic heterocycles. The minimum Gasteiger partial charge on any atom is -0.494 e. The highest BCUT2D eigenvalue weighted by Crippen LogP contribution is 2.71. The first-order valence-electron chi connectivity index (χ1n) is 15.7. The van der Waals surface area contributed by atoms with Crippen LogP contribution in [0.4, 0.5) is 5.69 Å². The van der Waals surface area contributed by atoms with Crippen LogP contribution < -0.4 is 9.64 Å². The topological polar surface area (TPSA) is 103 Å². The van der Waals surface area contributed by atoms with Gasteiger partial charge in [0.1, 0.15) is 11.8 Å². The van der Waals surface area contributed by atoms with Crippen LogP contribution in [0.5, 0.6) is 5.75 Å². The Bertz CT molecular complexity index is 1240. The number of thioether (sulfide) groups is 1. The van der Waals surface area contributed by atoms with Crippen LogP contribution in [0.2, 0.25) is 0 Å². The lowest BCUT2D eigenvalue weighted by atomic mass is 9.66. The maximum absolute atomic E-state index is 14.6. The zero-order valence-corrected chi connectivity index (χ0v) is 26.8. The largest absolute Gasteiger partial charge is 0.494 e. The molecule has 5 atom stereocenters. The Morgan fingerprint density at radius 3 is 2.45 bits per heavy atom. The first-order chi connectivity index (χ1) is 21.2. The summed E-state index contributed by atoms with van der Waals surface area (Å²) in [5.74, 6) is -1.07. The number of amides is 3. The van der Waals surface area contributed by atoms with Gasteiger partial charge in [0, 0.05) is 56.2 Å². The average molecular weight is 627 g/mol. The normalized spacial score (nSPS) is 29.4. The Morgan fingerprint density at radius 2 is 1.82 bits per heavy atom. The highest BCUT2D eigenvalue weighted by molar-refractivity contribution is 8.02. The van der Waals surface area contributed by atoms with Crippen molar-refractivity contribution in [2.45, 2.75) is 42.2 Å². The standard InChI is InChI=1S/C33H46N4O6S/c1-5-14-35(17-16-34-19-22-42-23-20-34)31(41)28-33-13-12-32(4,44-33)26(27(33)30(40)37(28)18-21-38)29(39)36(15-6-2)24-8-10-25(11-9-24)43-7-3/h5-6,8-11,26-28,38H,1-2,7,12-23H2,3-4H3/t26-,27-,28?,32+,33?/m0/s1. The molecule has 1 spiro atoms. The van der Waals surface area contributed by atoms with Gasteiger partial charge in [0.15, 0.2) is 0 Å². The lowest BCUT2D eigenvalue weighted by Crippen LogP contribution is -2.56. The molecule has 2 bridgehead atoms. The third-order valence-electron chi connectivity index (χ3n) is 9.61. The Labute approximate surface area is 265 Å². The minimum absolute atomic E-state index is 0.0479. The molecule has 0 aliphatic carbocycles. The molecule has 44 heavy (non-hydrogen) atoms. The van der Waals surface area contributed by atoms with Crippen LogP contribution in [-0.2, 0) is 19.1 Å². The van der Waals surface area contributed by atoms with Crippen LogP contribution in [0, 0.1) is 11.8 Å². The van der Waals surface area contributed by atoms with Crippen molar-refractivity contribution < 1.29 is 29.0 Å². The molecule has 0 radical (unpaired) electrons. The summed E-state index contributed by atoms with van der Waals surface area (Å²) in [6.07, 6.45) is 4.78. The van der Waals surface area contributed by atoms with E-state index in [2.05, 4.69) is 25.0 Å². The third kappa shape index (κ3) is 5.79. The van der Waals surface area contributed by atoms with E-state index in [9.17, 15) is 19.5 Å². The number of benzene rings is 1. The van der Waals surface area contributed by atoms with E-state index < -0.39 is 27.4 Å². The van der Waals surface area contributed by atoms with Crippen LogP contribution in [0.15, 0.2) is 49.6 Å². The van der Waals surface area contributed by atoms with Gasteiger partial charge in [-0.3, -0.25) is 19.3 Å². The van der Waals surface area contributed by atoms with Crippen molar-refractivity contribution in [2.75, 3.05) is 77.1 Å². The van der Waals surface area contributed by atoms with Crippen LogP contribution in [-0.4, -0.2) is 125 Å². The van der Waals surface area contributed by atoms with Crippen LogP contribution >= 0.6 is 11.8 Å². The maximum Gasteiger partial charge on any atom is 0.247 e. The quantitative estimate of drug-likeness (QED) is 0.315. The number of morpholine rings is 1. The smallest absolute Gasteiger partial charge is 0.247 e. The van der Waals surface area contributed by atoms with Crippen LogP contribution in [0.25, 0.3) is 0 Å². The molecular formula is C33H46N4O6S. The van der Waals surface area contributed by atoms with Gasteiger partial charge in [0.05, 0.1) is 43.0 Å². The number of nitrogens with zero attached hydrogens (tertiary/aromatic N) is 4.